The summed E-state index contributed by atoms with van der Waals surface area (Å²) >= 11 is 0. The summed E-state index contributed by atoms with van der Waals surface area (Å²) in [5, 5.41) is 3.78. The van der Waals surface area contributed by atoms with E-state index < -0.39 is 0 Å². The average Bonchev–Trinajstić information content (AvgIpc) is 2.34. The second kappa shape index (κ2) is 7.69. The molecule has 2 nitrogen and oxygen atoms in total. The zero-order valence-corrected chi connectivity index (χ0v) is 9.78. The van der Waals surface area contributed by atoms with Crippen LogP contribution >= 0.6 is 0 Å². The van der Waals surface area contributed by atoms with Gasteiger partial charge in [0.2, 0.25) is 0 Å². The number of rotatable bonds is 7. The van der Waals surface area contributed by atoms with Gasteiger partial charge in [-0.3, -0.25) is 0 Å². The first-order valence-electron chi connectivity index (χ1n) is 5.63. The maximum atomic E-state index is 5.15. The van der Waals surface area contributed by atoms with Gasteiger partial charge in [-0.2, -0.15) is 0 Å². The Bertz CT molecular complexity index is 344. The lowest BCUT2D eigenvalue weighted by Gasteiger charge is -2.00. The number of benzene rings is 1. The summed E-state index contributed by atoms with van der Waals surface area (Å²) in [6.45, 7) is 6.35. The predicted octanol–water partition coefficient (Wildman–Crippen LogP) is 3.90. The molecule has 0 amide bonds. The lowest BCUT2D eigenvalue weighted by molar-refractivity contribution is 0.131. The van der Waals surface area contributed by atoms with Crippen molar-refractivity contribution in [1.29, 1.82) is 0 Å². The predicted molar refractivity (Wildman–Crippen MR) is 68.3 cm³/mol. The van der Waals surface area contributed by atoms with E-state index in [-0.39, 0.29) is 0 Å². The topological polar surface area (TPSA) is 21.6 Å². The molecule has 1 radical (unpaired) electrons. The molecule has 0 aliphatic carbocycles. The summed E-state index contributed by atoms with van der Waals surface area (Å²) in [4.78, 5) is 5.15. The Morgan fingerprint density at radius 3 is 3.12 bits per heavy atom. The van der Waals surface area contributed by atoms with Gasteiger partial charge in [-0.1, -0.05) is 49.4 Å². The van der Waals surface area contributed by atoms with Crippen molar-refractivity contribution in [2.75, 3.05) is 0 Å². The van der Waals surface area contributed by atoms with Crippen LogP contribution in [0.2, 0.25) is 0 Å². The van der Waals surface area contributed by atoms with Crippen molar-refractivity contribution in [2.24, 2.45) is 5.16 Å². The molecule has 1 rings (SSSR count). The fourth-order valence-electron chi connectivity index (χ4n) is 1.26. The van der Waals surface area contributed by atoms with Gasteiger partial charge in [0, 0.05) is 0 Å². The van der Waals surface area contributed by atoms with E-state index in [1.807, 2.05) is 30.3 Å². The summed E-state index contributed by atoms with van der Waals surface area (Å²) in [5.41, 5.74) is 2.19. The minimum Gasteiger partial charge on any atom is -0.391 e. The van der Waals surface area contributed by atoms with Crippen molar-refractivity contribution in [3.05, 3.63) is 42.0 Å². The Morgan fingerprint density at radius 2 is 2.38 bits per heavy atom. The van der Waals surface area contributed by atoms with Gasteiger partial charge in [-0.05, 0) is 30.0 Å². The van der Waals surface area contributed by atoms with Crippen LogP contribution in [-0.2, 0) is 11.4 Å². The normalized spacial score (nSPS) is 10.6. The van der Waals surface area contributed by atoms with Crippen LogP contribution < -0.4 is 0 Å². The van der Waals surface area contributed by atoms with Crippen molar-refractivity contribution in [3.8, 4) is 0 Å². The minimum atomic E-state index is 0.487. The molecule has 1 aromatic carbocycles. The van der Waals surface area contributed by atoms with Gasteiger partial charge < -0.3 is 4.84 Å². The Balaban J connectivity index is 2.31. The van der Waals surface area contributed by atoms with Crippen LogP contribution in [0.4, 0.5) is 0 Å². The highest BCUT2D eigenvalue weighted by Gasteiger charge is 1.93. The molecule has 0 aliphatic rings. The summed E-state index contributed by atoms with van der Waals surface area (Å²) in [7, 11) is 0. The largest absolute Gasteiger partial charge is 0.391 e. The highest BCUT2D eigenvalue weighted by Crippen LogP contribution is 2.07. The van der Waals surface area contributed by atoms with E-state index in [1.54, 1.807) is 0 Å². The third-order valence-corrected chi connectivity index (χ3v) is 2.19. The molecule has 0 saturated heterocycles. The molecule has 0 bridgehead atoms. The van der Waals surface area contributed by atoms with Gasteiger partial charge >= 0.3 is 0 Å². The zero-order valence-electron chi connectivity index (χ0n) is 9.78. The Morgan fingerprint density at radius 1 is 1.50 bits per heavy atom. The molecule has 0 unspecified atom stereocenters. The third kappa shape index (κ3) is 4.78. The number of nitrogens with zero attached hydrogens (tertiary/aromatic N) is 1. The fourth-order valence-corrected chi connectivity index (χ4v) is 1.26. The molecule has 1 aromatic rings. The molecule has 0 saturated carbocycles. The van der Waals surface area contributed by atoms with Gasteiger partial charge in [0.1, 0.15) is 12.8 Å². The standard InChI is InChI=1S/C14H18NO/c1-3-5-6-10-15-16-12-14-9-7-8-13(4-2)11-14/h4,7-9,11H,2-3,5-6,12H2,1H3. The molecule has 0 fully saturated rings. The Kier molecular flexibility index (Phi) is 6.00. The Hall–Kier alpha value is -1.57. The van der Waals surface area contributed by atoms with Crippen molar-refractivity contribution < 1.29 is 4.84 Å². The van der Waals surface area contributed by atoms with E-state index in [0.29, 0.717) is 6.61 Å². The van der Waals surface area contributed by atoms with Crippen LogP contribution in [-0.4, -0.2) is 6.21 Å². The molecule has 2 heteroatoms. The number of hydrogen-bond acceptors (Lipinski definition) is 2. The number of hydrogen-bond donors (Lipinski definition) is 0. The van der Waals surface area contributed by atoms with E-state index >= 15 is 0 Å². The van der Waals surface area contributed by atoms with Crippen molar-refractivity contribution in [2.45, 2.75) is 32.8 Å². The lowest BCUT2D eigenvalue weighted by Crippen LogP contribution is -1.88. The first kappa shape index (κ1) is 12.5. The molecule has 0 N–H and O–H groups in total. The van der Waals surface area contributed by atoms with Crippen molar-refractivity contribution >= 4 is 12.3 Å². The molecule has 16 heavy (non-hydrogen) atoms. The highest BCUT2D eigenvalue weighted by molar-refractivity contribution is 5.56. The van der Waals surface area contributed by atoms with Gasteiger partial charge in [0.25, 0.3) is 0 Å². The monoisotopic (exact) mass is 216 g/mol. The minimum absolute atomic E-state index is 0.487. The van der Waals surface area contributed by atoms with E-state index in [9.17, 15) is 0 Å². The Labute approximate surface area is 97.6 Å². The molecule has 85 valence electrons. The van der Waals surface area contributed by atoms with Gasteiger partial charge in [-0.15, -0.1) is 0 Å². The third-order valence-electron chi connectivity index (χ3n) is 2.19. The van der Waals surface area contributed by atoms with Crippen molar-refractivity contribution in [3.63, 3.8) is 0 Å². The summed E-state index contributed by atoms with van der Waals surface area (Å²) in [6, 6.07) is 8.04. The maximum Gasteiger partial charge on any atom is 0.142 e. The van der Waals surface area contributed by atoms with Gasteiger partial charge in [0.05, 0.1) is 0 Å². The molecule has 0 spiro atoms. The first-order valence-corrected chi connectivity index (χ1v) is 5.63. The van der Waals surface area contributed by atoms with Crippen LogP contribution in [0.1, 0.15) is 37.3 Å². The van der Waals surface area contributed by atoms with Crippen molar-refractivity contribution in [1.82, 2.24) is 0 Å². The van der Waals surface area contributed by atoms with E-state index in [4.69, 9.17) is 4.84 Å². The van der Waals surface area contributed by atoms with Gasteiger partial charge in [-0.25, -0.2) is 0 Å². The van der Waals surface area contributed by atoms with Crippen LogP contribution in [0.5, 0.6) is 0 Å². The van der Waals surface area contributed by atoms with E-state index in [2.05, 4.69) is 24.9 Å². The van der Waals surface area contributed by atoms with E-state index in [1.165, 1.54) is 0 Å². The SMILES string of the molecule is C=Cc1cccc(CO/N=[C]/CCCC)c1. The van der Waals surface area contributed by atoms with Crippen LogP contribution in [0, 0.1) is 0 Å². The van der Waals surface area contributed by atoms with Gasteiger partial charge in [0.15, 0.2) is 0 Å². The average molecular weight is 216 g/mol. The summed E-state index contributed by atoms with van der Waals surface area (Å²) in [5.74, 6) is 0. The second-order valence-corrected chi connectivity index (χ2v) is 3.58. The summed E-state index contributed by atoms with van der Waals surface area (Å²) in [6.07, 6.45) is 7.82. The second-order valence-electron chi connectivity index (χ2n) is 3.58. The van der Waals surface area contributed by atoms with Crippen LogP contribution in [0.15, 0.2) is 36.0 Å². The summed E-state index contributed by atoms with van der Waals surface area (Å²) < 4.78 is 0. The van der Waals surface area contributed by atoms with E-state index in [0.717, 1.165) is 30.4 Å². The quantitative estimate of drug-likeness (QED) is 0.385. The van der Waals surface area contributed by atoms with Crippen LogP contribution in [0.3, 0.4) is 0 Å². The highest BCUT2D eigenvalue weighted by atomic mass is 16.6. The zero-order chi connectivity index (χ0) is 11.6. The van der Waals surface area contributed by atoms with Crippen LogP contribution in [0.25, 0.3) is 6.08 Å². The number of unbranched alkanes of at least 4 members (excludes halogenated alkanes) is 2. The first-order chi connectivity index (χ1) is 7.86. The molecule has 0 heterocycles. The molecular weight excluding hydrogens is 198 g/mol. The lowest BCUT2D eigenvalue weighted by atomic mass is 10.1. The fraction of sp³-hybridized carbons (Fsp3) is 0.357. The smallest absolute Gasteiger partial charge is 0.142 e. The molecule has 0 aromatic heterocycles. The molecular formula is C14H18NO. The molecule has 0 aliphatic heterocycles. The molecule has 0 atom stereocenters. The maximum absolute atomic E-state index is 5.15.